The zero-order valence-corrected chi connectivity index (χ0v) is 11.7. The molecule has 0 amide bonds. The molecule has 0 bridgehead atoms. The Balaban J connectivity index is 4.52. The summed E-state index contributed by atoms with van der Waals surface area (Å²) in [5.74, 6) is -1.84. The Labute approximate surface area is 109 Å². The van der Waals surface area contributed by atoms with Gasteiger partial charge in [-0.25, -0.2) is 0 Å². The van der Waals surface area contributed by atoms with E-state index >= 15 is 0 Å². The zero-order chi connectivity index (χ0) is 14.3. The van der Waals surface area contributed by atoms with Gasteiger partial charge in [0.1, 0.15) is 5.78 Å². The molecule has 0 fully saturated rings. The fourth-order valence-corrected chi connectivity index (χ4v) is 1.70. The summed E-state index contributed by atoms with van der Waals surface area (Å²) in [5.41, 5.74) is -0.419. The number of aliphatic carboxylic acids is 1. The Morgan fingerprint density at radius 1 is 1.39 bits per heavy atom. The number of Topliss-reactive ketones (excluding diaryl/α,β-unsaturated/α-hetero) is 1. The van der Waals surface area contributed by atoms with E-state index in [0.717, 1.165) is 0 Å². The van der Waals surface area contributed by atoms with Crippen molar-refractivity contribution in [3.8, 4) is 0 Å². The number of allylic oxidation sites excluding steroid dienone is 1. The van der Waals surface area contributed by atoms with Crippen molar-refractivity contribution >= 4 is 11.8 Å². The molecule has 0 saturated carbocycles. The molecule has 2 atom stereocenters. The molecule has 18 heavy (non-hydrogen) atoms. The average molecular weight is 256 g/mol. The van der Waals surface area contributed by atoms with Gasteiger partial charge in [0.15, 0.2) is 0 Å². The maximum absolute atomic E-state index is 11.6. The number of ketones is 1. The maximum atomic E-state index is 11.6. The molecule has 0 heterocycles. The third-order valence-corrected chi connectivity index (χ3v) is 2.50. The van der Waals surface area contributed by atoms with Crippen molar-refractivity contribution in [2.24, 2.45) is 5.92 Å². The van der Waals surface area contributed by atoms with Crippen molar-refractivity contribution in [2.45, 2.75) is 58.7 Å². The van der Waals surface area contributed by atoms with Gasteiger partial charge in [-0.2, -0.15) is 0 Å². The normalized spacial score (nSPS) is 14.9. The lowest BCUT2D eigenvalue weighted by Crippen LogP contribution is -2.36. The molecule has 0 saturated heterocycles. The van der Waals surface area contributed by atoms with Gasteiger partial charge in [-0.15, -0.1) is 6.58 Å². The summed E-state index contributed by atoms with van der Waals surface area (Å²) in [4.78, 5) is 22.8. The number of ether oxygens (including phenoxy) is 1. The lowest BCUT2D eigenvalue weighted by molar-refractivity contribution is -0.154. The molecule has 1 N–H and O–H groups in total. The number of carboxylic acids is 1. The number of carboxylic acid groups (broad SMARTS) is 1. The van der Waals surface area contributed by atoms with Crippen molar-refractivity contribution in [3.63, 3.8) is 0 Å². The molecule has 0 rings (SSSR count). The van der Waals surface area contributed by atoms with Crippen LogP contribution >= 0.6 is 0 Å². The highest BCUT2D eigenvalue weighted by Gasteiger charge is 2.30. The quantitative estimate of drug-likeness (QED) is 0.678. The first kappa shape index (κ1) is 16.8. The summed E-state index contributed by atoms with van der Waals surface area (Å²) in [6.07, 6.45) is 2.11. The second-order valence-corrected chi connectivity index (χ2v) is 5.45. The monoisotopic (exact) mass is 256 g/mol. The van der Waals surface area contributed by atoms with Gasteiger partial charge >= 0.3 is 5.97 Å². The molecule has 104 valence electrons. The molecule has 0 aliphatic heterocycles. The van der Waals surface area contributed by atoms with E-state index in [1.54, 1.807) is 13.0 Å². The Kier molecular flexibility index (Phi) is 6.84. The van der Waals surface area contributed by atoms with Gasteiger partial charge in [0.25, 0.3) is 0 Å². The second-order valence-electron chi connectivity index (χ2n) is 5.45. The highest BCUT2D eigenvalue weighted by molar-refractivity contribution is 5.84. The summed E-state index contributed by atoms with van der Waals surface area (Å²) >= 11 is 0. The first-order valence-electron chi connectivity index (χ1n) is 6.20. The smallest absolute Gasteiger partial charge is 0.309 e. The minimum absolute atomic E-state index is 0.0143. The van der Waals surface area contributed by atoms with E-state index in [4.69, 9.17) is 9.84 Å². The van der Waals surface area contributed by atoms with Crippen LogP contribution in [-0.4, -0.2) is 28.6 Å². The summed E-state index contributed by atoms with van der Waals surface area (Å²) in [6, 6.07) is 0. The topological polar surface area (TPSA) is 63.6 Å². The molecule has 0 aromatic heterocycles. The second kappa shape index (κ2) is 7.31. The van der Waals surface area contributed by atoms with Crippen molar-refractivity contribution in [2.75, 3.05) is 0 Å². The fraction of sp³-hybridized carbons (Fsp3) is 0.714. The van der Waals surface area contributed by atoms with E-state index in [9.17, 15) is 9.59 Å². The number of hydrogen-bond acceptors (Lipinski definition) is 3. The third kappa shape index (κ3) is 7.22. The third-order valence-electron chi connectivity index (χ3n) is 2.50. The highest BCUT2D eigenvalue weighted by atomic mass is 16.5. The molecule has 0 radical (unpaired) electrons. The van der Waals surface area contributed by atoms with Crippen LogP contribution in [0.25, 0.3) is 0 Å². The molecule has 0 aliphatic rings. The van der Waals surface area contributed by atoms with E-state index in [0.29, 0.717) is 12.8 Å². The van der Waals surface area contributed by atoms with Crippen molar-refractivity contribution < 1.29 is 19.4 Å². The molecule has 0 aromatic carbocycles. The Morgan fingerprint density at radius 3 is 2.33 bits per heavy atom. The van der Waals surface area contributed by atoms with Crippen LogP contribution in [0.5, 0.6) is 0 Å². The van der Waals surface area contributed by atoms with Crippen LogP contribution in [-0.2, 0) is 14.3 Å². The van der Waals surface area contributed by atoms with Gasteiger partial charge in [-0.05, 0) is 34.1 Å². The van der Waals surface area contributed by atoms with Crippen molar-refractivity contribution in [1.82, 2.24) is 0 Å². The van der Waals surface area contributed by atoms with Crippen molar-refractivity contribution in [1.29, 1.82) is 0 Å². The van der Waals surface area contributed by atoms with Crippen LogP contribution in [0.3, 0.4) is 0 Å². The summed E-state index contributed by atoms with van der Waals surface area (Å²) in [5, 5.41) is 9.16. The van der Waals surface area contributed by atoms with Crippen molar-refractivity contribution in [3.05, 3.63) is 12.7 Å². The predicted octanol–water partition coefficient (Wildman–Crippen LogP) is 2.82. The average Bonchev–Trinajstić information content (AvgIpc) is 2.19. The number of hydrogen-bond donors (Lipinski definition) is 1. The van der Waals surface area contributed by atoms with Gasteiger partial charge in [-0.1, -0.05) is 6.08 Å². The molecule has 4 heteroatoms. The Hall–Kier alpha value is -1.16. The van der Waals surface area contributed by atoms with Gasteiger partial charge < -0.3 is 9.84 Å². The SMILES string of the molecule is C=CCCC(=O)C[C@H](C(=O)O)[C@H](C)OC(C)(C)C. The summed E-state index contributed by atoms with van der Waals surface area (Å²) in [7, 11) is 0. The number of carbonyl (C=O) groups excluding carboxylic acids is 1. The maximum Gasteiger partial charge on any atom is 0.309 e. The molecule has 0 aromatic rings. The predicted molar refractivity (Wildman–Crippen MR) is 70.5 cm³/mol. The standard InChI is InChI=1S/C14H24O4/c1-6-7-8-11(15)9-12(13(16)17)10(2)18-14(3,4)5/h6,10,12H,1,7-9H2,2-5H3,(H,16,17)/t10-,12-/m0/s1. The first-order valence-corrected chi connectivity index (χ1v) is 6.20. The Bertz CT molecular complexity index is 301. The lowest BCUT2D eigenvalue weighted by atomic mass is 9.95. The van der Waals surface area contributed by atoms with E-state index in [2.05, 4.69) is 6.58 Å². The van der Waals surface area contributed by atoms with E-state index in [1.807, 2.05) is 20.8 Å². The molecule has 0 spiro atoms. The van der Waals surface area contributed by atoms with Crippen LogP contribution in [0.4, 0.5) is 0 Å². The van der Waals surface area contributed by atoms with Crippen LogP contribution in [0, 0.1) is 5.92 Å². The van der Waals surface area contributed by atoms with Gasteiger partial charge in [0, 0.05) is 12.8 Å². The molecule has 4 nitrogen and oxygen atoms in total. The van der Waals surface area contributed by atoms with E-state index in [-0.39, 0.29) is 12.2 Å². The van der Waals surface area contributed by atoms with Gasteiger partial charge in [0.05, 0.1) is 17.6 Å². The zero-order valence-electron chi connectivity index (χ0n) is 11.7. The minimum atomic E-state index is -0.987. The van der Waals surface area contributed by atoms with E-state index < -0.39 is 23.6 Å². The van der Waals surface area contributed by atoms with Crippen LogP contribution in [0.2, 0.25) is 0 Å². The van der Waals surface area contributed by atoms with Gasteiger partial charge in [-0.3, -0.25) is 9.59 Å². The molecule has 0 aliphatic carbocycles. The Morgan fingerprint density at radius 2 is 1.94 bits per heavy atom. The number of carbonyl (C=O) groups is 2. The molecule has 0 unspecified atom stereocenters. The summed E-state index contributed by atoms with van der Waals surface area (Å²) in [6.45, 7) is 10.8. The fourth-order valence-electron chi connectivity index (χ4n) is 1.70. The largest absolute Gasteiger partial charge is 0.481 e. The minimum Gasteiger partial charge on any atom is -0.481 e. The first-order chi connectivity index (χ1) is 8.17. The van der Waals surface area contributed by atoms with Crippen LogP contribution in [0.15, 0.2) is 12.7 Å². The lowest BCUT2D eigenvalue weighted by Gasteiger charge is -2.28. The molecular formula is C14H24O4. The number of rotatable bonds is 8. The van der Waals surface area contributed by atoms with Crippen LogP contribution in [0.1, 0.15) is 47.0 Å². The van der Waals surface area contributed by atoms with E-state index in [1.165, 1.54) is 0 Å². The molecular weight excluding hydrogens is 232 g/mol. The van der Waals surface area contributed by atoms with Gasteiger partial charge in [0.2, 0.25) is 0 Å². The summed E-state index contributed by atoms with van der Waals surface area (Å²) < 4.78 is 5.61. The van der Waals surface area contributed by atoms with Crippen LogP contribution < -0.4 is 0 Å². The highest BCUT2D eigenvalue weighted by Crippen LogP contribution is 2.20.